The van der Waals surface area contributed by atoms with E-state index >= 15 is 0 Å². The smallest absolute Gasteiger partial charge is 0.115 e. The summed E-state index contributed by atoms with van der Waals surface area (Å²) in [6.07, 6.45) is 2.85. The SMILES string of the molecule is CCC(NC(C)c1ccc(O)cc1)c1nccs1. The maximum Gasteiger partial charge on any atom is 0.115 e. The molecule has 96 valence electrons. The third kappa shape index (κ3) is 3.09. The Balaban J connectivity index is 2.05. The van der Waals surface area contributed by atoms with Gasteiger partial charge in [0.25, 0.3) is 0 Å². The lowest BCUT2D eigenvalue weighted by Gasteiger charge is -2.21. The lowest BCUT2D eigenvalue weighted by atomic mass is 10.1. The van der Waals surface area contributed by atoms with Crippen molar-refractivity contribution >= 4 is 11.3 Å². The van der Waals surface area contributed by atoms with Gasteiger partial charge in [-0.1, -0.05) is 19.1 Å². The summed E-state index contributed by atoms with van der Waals surface area (Å²) in [6.45, 7) is 4.28. The molecule has 0 bridgehead atoms. The molecule has 0 saturated heterocycles. The fourth-order valence-corrected chi connectivity index (χ4v) is 2.71. The molecule has 4 heteroatoms. The molecule has 18 heavy (non-hydrogen) atoms. The molecule has 1 aromatic carbocycles. The Hall–Kier alpha value is -1.39. The average Bonchev–Trinajstić information content (AvgIpc) is 2.90. The first-order valence-electron chi connectivity index (χ1n) is 6.15. The van der Waals surface area contributed by atoms with Crippen LogP contribution in [0.4, 0.5) is 0 Å². The summed E-state index contributed by atoms with van der Waals surface area (Å²) in [7, 11) is 0. The highest BCUT2D eigenvalue weighted by atomic mass is 32.1. The molecule has 0 aliphatic heterocycles. The van der Waals surface area contributed by atoms with Crippen LogP contribution in [0, 0.1) is 0 Å². The number of aromatic hydroxyl groups is 1. The highest BCUT2D eigenvalue weighted by Gasteiger charge is 2.15. The standard InChI is InChI=1S/C14H18N2OS/c1-3-13(14-15-8-9-18-14)16-10(2)11-4-6-12(17)7-5-11/h4-10,13,16-17H,3H2,1-2H3. The maximum absolute atomic E-state index is 9.29. The zero-order valence-electron chi connectivity index (χ0n) is 10.6. The lowest BCUT2D eigenvalue weighted by molar-refractivity contribution is 0.452. The fraction of sp³-hybridized carbons (Fsp3) is 0.357. The van der Waals surface area contributed by atoms with E-state index in [0.717, 1.165) is 11.4 Å². The molecular weight excluding hydrogens is 244 g/mol. The lowest BCUT2D eigenvalue weighted by Crippen LogP contribution is -2.24. The molecule has 0 aliphatic carbocycles. The van der Waals surface area contributed by atoms with Crippen LogP contribution in [0.2, 0.25) is 0 Å². The van der Waals surface area contributed by atoms with Gasteiger partial charge in [0.1, 0.15) is 10.8 Å². The minimum Gasteiger partial charge on any atom is -0.508 e. The van der Waals surface area contributed by atoms with Crippen LogP contribution in [0.1, 0.15) is 42.9 Å². The molecule has 0 aliphatic rings. The Bertz CT molecular complexity index is 467. The van der Waals surface area contributed by atoms with Gasteiger partial charge < -0.3 is 10.4 Å². The van der Waals surface area contributed by atoms with Crippen molar-refractivity contribution in [1.82, 2.24) is 10.3 Å². The quantitative estimate of drug-likeness (QED) is 0.864. The third-order valence-corrected chi connectivity index (χ3v) is 3.89. The number of nitrogens with one attached hydrogen (secondary N) is 1. The van der Waals surface area contributed by atoms with Crippen molar-refractivity contribution in [2.24, 2.45) is 0 Å². The highest BCUT2D eigenvalue weighted by Crippen LogP contribution is 2.24. The van der Waals surface area contributed by atoms with Gasteiger partial charge in [-0.25, -0.2) is 4.98 Å². The zero-order chi connectivity index (χ0) is 13.0. The Labute approximate surface area is 112 Å². The van der Waals surface area contributed by atoms with E-state index in [4.69, 9.17) is 0 Å². The first-order valence-corrected chi connectivity index (χ1v) is 7.03. The predicted molar refractivity (Wildman–Crippen MR) is 74.8 cm³/mol. The molecular formula is C14H18N2OS. The van der Waals surface area contributed by atoms with Crippen molar-refractivity contribution in [1.29, 1.82) is 0 Å². The van der Waals surface area contributed by atoms with Crippen molar-refractivity contribution in [2.45, 2.75) is 32.4 Å². The first kappa shape index (κ1) is 13.1. The van der Waals surface area contributed by atoms with Gasteiger partial charge in [-0.05, 0) is 31.0 Å². The Morgan fingerprint density at radius 3 is 2.61 bits per heavy atom. The number of aromatic nitrogens is 1. The van der Waals surface area contributed by atoms with Crippen molar-refractivity contribution in [3.63, 3.8) is 0 Å². The number of phenolic OH excluding ortho intramolecular Hbond substituents is 1. The summed E-state index contributed by atoms with van der Waals surface area (Å²) >= 11 is 1.68. The topological polar surface area (TPSA) is 45.1 Å². The van der Waals surface area contributed by atoms with Crippen molar-refractivity contribution < 1.29 is 5.11 Å². The highest BCUT2D eigenvalue weighted by molar-refractivity contribution is 7.09. The number of nitrogens with zero attached hydrogens (tertiary/aromatic N) is 1. The molecule has 2 aromatic rings. The van der Waals surface area contributed by atoms with Crippen molar-refractivity contribution in [3.8, 4) is 5.75 Å². The summed E-state index contributed by atoms with van der Waals surface area (Å²) in [5, 5.41) is 16.0. The van der Waals surface area contributed by atoms with Crippen LogP contribution in [0.5, 0.6) is 5.75 Å². The molecule has 2 rings (SSSR count). The number of rotatable bonds is 5. The molecule has 3 nitrogen and oxygen atoms in total. The van der Waals surface area contributed by atoms with E-state index < -0.39 is 0 Å². The van der Waals surface area contributed by atoms with E-state index in [2.05, 4.69) is 24.1 Å². The van der Waals surface area contributed by atoms with Gasteiger partial charge in [0.05, 0.1) is 6.04 Å². The maximum atomic E-state index is 9.29. The summed E-state index contributed by atoms with van der Waals surface area (Å²) in [6, 6.07) is 7.85. The zero-order valence-corrected chi connectivity index (χ0v) is 11.4. The number of phenols is 1. The van der Waals surface area contributed by atoms with Crippen LogP contribution in [0.15, 0.2) is 35.8 Å². The molecule has 0 saturated carbocycles. The van der Waals surface area contributed by atoms with Gasteiger partial charge >= 0.3 is 0 Å². The molecule has 0 amide bonds. The Morgan fingerprint density at radius 1 is 1.33 bits per heavy atom. The van der Waals surface area contributed by atoms with Gasteiger partial charge in [-0.3, -0.25) is 0 Å². The number of benzene rings is 1. The number of hydrogen-bond donors (Lipinski definition) is 2. The number of hydrogen-bond acceptors (Lipinski definition) is 4. The van der Waals surface area contributed by atoms with E-state index in [1.807, 2.05) is 23.7 Å². The van der Waals surface area contributed by atoms with Crippen LogP contribution in [0.25, 0.3) is 0 Å². The normalized spacial score (nSPS) is 14.3. The van der Waals surface area contributed by atoms with Gasteiger partial charge in [-0.15, -0.1) is 11.3 Å². The van der Waals surface area contributed by atoms with E-state index in [1.54, 1.807) is 23.5 Å². The summed E-state index contributed by atoms with van der Waals surface area (Å²) in [4.78, 5) is 4.36. The van der Waals surface area contributed by atoms with Crippen LogP contribution in [-0.2, 0) is 0 Å². The molecule has 1 aromatic heterocycles. The molecule has 1 heterocycles. The Kier molecular flexibility index (Phi) is 4.33. The minimum atomic E-state index is 0.236. The van der Waals surface area contributed by atoms with Crippen LogP contribution in [0.3, 0.4) is 0 Å². The molecule has 2 N–H and O–H groups in total. The monoisotopic (exact) mass is 262 g/mol. The van der Waals surface area contributed by atoms with E-state index in [9.17, 15) is 5.11 Å². The number of thiazole rings is 1. The second-order valence-corrected chi connectivity index (χ2v) is 5.24. The van der Waals surface area contributed by atoms with Crippen LogP contribution >= 0.6 is 11.3 Å². The molecule has 0 spiro atoms. The molecule has 0 radical (unpaired) electrons. The largest absolute Gasteiger partial charge is 0.508 e. The van der Waals surface area contributed by atoms with Crippen LogP contribution < -0.4 is 5.32 Å². The Morgan fingerprint density at radius 2 is 2.06 bits per heavy atom. The second-order valence-electron chi connectivity index (χ2n) is 4.31. The summed E-state index contributed by atoms with van der Waals surface area (Å²) in [5.74, 6) is 0.304. The molecule has 0 fully saturated rings. The molecule has 2 atom stereocenters. The van der Waals surface area contributed by atoms with Gasteiger partial charge in [-0.2, -0.15) is 0 Å². The van der Waals surface area contributed by atoms with E-state index in [0.29, 0.717) is 5.75 Å². The average molecular weight is 262 g/mol. The van der Waals surface area contributed by atoms with Crippen molar-refractivity contribution in [3.05, 3.63) is 46.4 Å². The fourth-order valence-electron chi connectivity index (χ4n) is 1.93. The first-order chi connectivity index (χ1) is 8.70. The molecule has 2 unspecified atom stereocenters. The van der Waals surface area contributed by atoms with Crippen LogP contribution in [-0.4, -0.2) is 10.1 Å². The van der Waals surface area contributed by atoms with Gasteiger partial charge in [0, 0.05) is 17.6 Å². The van der Waals surface area contributed by atoms with Gasteiger partial charge in [0.2, 0.25) is 0 Å². The summed E-state index contributed by atoms with van der Waals surface area (Å²) in [5.41, 5.74) is 1.17. The van der Waals surface area contributed by atoms with E-state index in [-0.39, 0.29) is 12.1 Å². The summed E-state index contributed by atoms with van der Waals surface area (Å²) < 4.78 is 0. The second kappa shape index (κ2) is 5.98. The minimum absolute atomic E-state index is 0.236. The van der Waals surface area contributed by atoms with Gasteiger partial charge in [0.15, 0.2) is 0 Å². The van der Waals surface area contributed by atoms with E-state index in [1.165, 1.54) is 5.56 Å². The third-order valence-electron chi connectivity index (χ3n) is 3.00. The predicted octanol–water partition coefficient (Wildman–Crippen LogP) is 3.65. The van der Waals surface area contributed by atoms with Crippen molar-refractivity contribution in [2.75, 3.05) is 0 Å².